The number of carbonyl (C=O) groups is 1. The number of fused-ring (bicyclic) bond motifs is 1. The molecule has 1 fully saturated rings. The summed E-state index contributed by atoms with van der Waals surface area (Å²) < 4.78 is 27.8. The number of nitrogens with one attached hydrogen (secondary N) is 1. The minimum absolute atomic E-state index is 0.0748. The summed E-state index contributed by atoms with van der Waals surface area (Å²) >= 11 is 0. The van der Waals surface area contributed by atoms with Gasteiger partial charge in [-0.1, -0.05) is 26.2 Å². The lowest BCUT2D eigenvalue weighted by Crippen LogP contribution is -2.41. The van der Waals surface area contributed by atoms with Crippen molar-refractivity contribution in [3.63, 3.8) is 0 Å². The molecule has 0 aromatic heterocycles. The number of hydrogen-bond acceptors (Lipinski definition) is 3. The zero-order valence-electron chi connectivity index (χ0n) is 13.7. The number of carbonyl (C=O) groups excluding carboxylic acids is 1. The lowest BCUT2D eigenvalue weighted by Gasteiger charge is -2.32. The highest BCUT2D eigenvalue weighted by Gasteiger charge is 2.33. The van der Waals surface area contributed by atoms with E-state index in [9.17, 15) is 13.2 Å². The van der Waals surface area contributed by atoms with E-state index in [-0.39, 0.29) is 17.9 Å². The van der Waals surface area contributed by atoms with Gasteiger partial charge < -0.3 is 5.32 Å². The molecule has 1 atom stereocenters. The predicted octanol–water partition coefficient (Wildman–Crippen LogP) is 3.09. The van der Waals surface area contributed by atoms with Gasteiger partial charge in [0, 0.05) is 18.3 Å². The number of benzene rings is 1. The zero-order chi connectivity index (χ0) is 16.6. The Kier molecular flexibility index (Phi) is 4.47. The maximum atomic E-state index is 13.1. The summed E-state index contributed by atoms with van der Waals surface area (Å²) in [4.78, 5) is 12.1. The third kappa shape index (κ3) is 2.90. The zero-order valence-corrected chi connectivity index (χ0v) is 14.5. The molecule has 1 N–H and O–H groups in total. The van der Waals surface area contributed by atoms with Crippen LogP contribution in [0.4, 0.5) is 5.69 Å². The second kappa shape index (κ2) is 6.24. The maximum absolute atomic E-state index is 13.1. The van der Waals surface area contributed by atoms with Crippen LogP contribution in [-0.4, -0.2) is 31.2 Å². The molecule has 5 nitrogen and oxygen atoms in total. The van der Waals surface area contributed by atoms with Crippen molar-refractivity contribution in [2.24, 2.45) is 0 Å². The molecule has 6 heteroatoms. The highest BCUT2D eigenvalue weighted by atomic mass is 32.2. The third-order valence-electron chi connectivity index (χ3n) is 5.04. The van der Waals surface area contributed by atoms with Crippen molar-refractivity contribution >= 4 is 21.6 Å². The van der Waals surface area contributed by atoms with Crippen molar-refractivity contribution in [3.8, 4) is 0 Å². The van der Waals surface area contributed by atoms with Crippen LogP contribution < -0.4 is 5.32 Å². The van der Waals surface area contributed by atoms with E-state index < -0.39 is 10.0 Å². The number of amides is 1. The smallest absolute Gasteiger partial charge is 0.243 e. The van der Waals surface area contributed by atoms with E-state index in [2.05, 4.69) is 5.32 Å². The average Bonchev–Trinajstić information content (AvgIpc) is 2.83. The van der Waals surface area contributed by atoms with Crippen molar-refractivity contribution in [1.82, 2.24) is 4.31 Å². The van der Waals surface area contributed by atoms with Crippen molar-refractivity contribution in [3.05, 3.63) is 23.8 Å². The fourth-order valence-corrected chi connectivity index (χ4v) is 5.41. The summed E-state index contributed by atoms with van der Waals surface area (Å²) in [6, 6.07) is 5.08. The lowest BCUT2D eigenvalue weighted by molar-refractivity contribution is -0.116. The van der Waals surface area contributed by atoms with Crippen molar-refractivity contribution in [1.29, 1.82) is 0 Å². The molecule has 0 radical (unpaired) electrons. The average molecular weight is 336 g/mol. The monoisotopic (exact) mass is 336 g/mol. The molecular weight excluding hydrogens is 312 g/mol. The van der Waals surface area contributed by atoms with Crippen molar-refractivity contribution in [2.45, 2.75) is 62.8 Å². The van der Waals surface area contributed by atoms with Gasteiger partial charge in [0.1, 0.15) is 0 Å². The SMILES string of the molecule is CCN(C1CCCCC1)S(=O)(=O)c1ccc2c(c1)[C@@H](C)C(=O)N2. The van der Waals surface area contributed by atoms with Gasteiger partial charge in [-0.2, -0.15) is 4.31 Å². The summed E-state index contributed by atoms with van der Waals surface area (Å²) in [5.41, 5.74) is 1.50. The van der Waals surface area contributed by atoms with Crippen molar-refractivity contribution < 1.29 is 13.2 Å². The van der Waals surface area contributed by atoms with Crippen LogP contribution in [0.3, 0.4) is 0 Å². The van der Waals surface area contributed by atoms with Crippen LogP contribution in [0, 0.1) is 0 Å². The van der Waals surface area contributed by atoms with Crippen LogP contribution in [0.1, 0.15) is 57.4 Å². The molecule has 1 aromatic carbocycles. The Bertz CT molecular complexity index is 709. The first-order valence-electron chi connectivity index (χ1n) is 8.41. The highest BCUT2D eigenvalue weighted by molar-refractivity contribution is 7.89. The van der Waals surface area contributed by atoms with Gasteiger partial charge >= 0.3 is 0 Å². The highest BCUT2D eigenvalue weighted by Crippen LogP contribution is 2.35. The molecule has 2 aliphatic rings. The Morgan fingerprint density at radius 3 is 2.57 bits per heavy atom. The van der Waals surface area contributed by atoms with Crippen LogP contribution in [0.25, 0.3) is 0 Å². The Morgan fingerprint density at radius 1 is 1.22 bits per heavy atom. The second-order valence-electron chi connectivity index (χ2n) is 6.46. The minimum atomic E-state index is -3.52. The molecular formula is C17H24N2O3S. The molecule has 0 saturated heterocycles. The van der Waals surface area contributed by atoms with Crippen LogP contribution in [0.2, 0.25) is 0 Å². The number of sulfonamides is 1. The molecule has 1 saturated carbocycles. The summed E-state index contributed by atoms with van der Waals surface area (Å²) in [5.74, 6) is -0.376. The summed E-state index contributed by atoms with van der Waals surface area (Å²) in [7, 11) is -3.52. The van der Waals surface area contributed by atoms with E-state index in [1.165, 1.54) is 6.42 Å². The van der Waals surface area contributed by atoms with Gasteiger partial charge in [0.25, 0.3) is 0 Å². The molecule has 0 bridgehead atoms. The molecule has 3 rings (SSSR count). The summed E-state index contributed by atoms with van der Waals surface area (Å²) in [6.07, 6.45) is 5.26. The van der Waals surface area contributed by atoms with Crippen LogP contribution in [-0.2, 0) is 14.8 Å². The predicted molar refractivity (Wildman–Crippen MR) is 89.9 cm³/mol. The first-order chi connectivity index (χ1) is 10.9. The largest absolute Gasteiger partial charge is 0.325 e. The molecule has 1 amide bonds. The van der Waals surface area contributed by atoms with Crippen LogP contribution in [0.15, 0.2) is 23.1 Å². The van der Waals surface area contributed by atoms with E-state index in [4.69, 9.17) is 0 Å². The normalized spacial score (nSPS) is 22.2. The number of anilines is 1. The van der Waals surface area contributed by atoms with Gasteiger partial charge in [0.05, 0.1) is 10.8 Å². The molecule has 1 aliphatic heterocycles. The summed E-state index contributed by atoms with van der Waals surface area (Å²) in [6.45, 7) is 4.18. The molecule has 1 aliphatic carbocycles. The third-order valence-corrected chi connectivity index (χ3v) is 7.06. The topological polar surface area (TPSA) is 66.5 Å². The van der Waals surface area contributed by atoms with E-state index in [0.717, 1.165) is 36.9 Å². The van der Waals surface area contributed by atoms with E-state index in [1.54, 1.807) is 29.4 Å². The fourth-order valence-electron chi connectivity index (χ4n) is 3.68. The van der Waals surface area contributed by atoms with Gasteiger partial charge in [0.15, 0.2) is 0 Å². The molecule has 126 valence electrons. The van der Waals surface area contributed by atoms with Crippen LogP contribution >= 0.6 is 0 Å². The van der Waals surface area contributed by atoms with Gasteiger partial charge in [-0.3, -0.25) is 4.79 Å². The van der Waals surface area contributed by atoms with Crippen LogP contribution in [0.5, 0.6) is 0 Å². The van der Waals surface area contributed by atoms with Gasteiger partial charge in [0.2, 0.25) is 15.9 Å². The van der Waals surface area contributed by atoms with Gasteiger partial charge in [-0.25, -0.2) is 8.42 Å². The number of rotatable bonds is 4. The van der Waals surface area contributed by atoms with Gasteiger partial charge in [-0.15, -0.1) is 0 Å². The van der Waals surface area contributed by atoms with E-state index in [0.29, 0.717) is 11.4 Å². The lowest BCUT2D eigenvalue weighted by atomic mass is 9.95. The van der Waals surface area contributed by atoms with Crippen molar-refractivity contribution in [2.75, 3.05) is 11.9 Å². The Balaban J connectivity index is 1.94. The number of nitrogens with zero attached hydrogens (tertiary/aromatic N) is 1. The maximum Gasteiger partial charge on any atom is 0.243 e. The standard InChI is InChI=1S/C17H24N2O3S/c1-3-19(13-7-5-4-6-8-13)23(21,22)14-9-10-16-15(11-14)12(2)17(20)18-16/h9-13H,3-8H2,1-2H3,(H,18,20)/t12-/m1/s1. The Morgan fingerprint density at radius 2 is 1.91 bits per heavy atom. The molecule has 1 heterocycles. The first-order valence-corrected chi connectivity index (χ1v) is 9.85. The Hall–Kier alpha value is -1.40. The second-order valence-corrected chi connectivity index (χ2v) is 8.35. The Labute approximate surface area is 138 Å². The minimum Gasteiger partial charge on any atom is -0.325 e. The molecule has 0 spiro atoms. The first kappa shape index (κ1) is 16.5. The van der Waals surface area contributed by atoms with E-state index in [1.807, 2.05) is 6.92 Å². The summed E-state index contributed by atoms with van der Waals surface area (Å²) in [5, 5.41) is 2.79. The van der Waals surface area contributed by atoms with E-state index >= 15 is 0 Å². The quantitative estimate of drug-likeness (QED) is 0.919. The van der Waals surface area contributed by atoms with Gasteiger partial charge in [-0.05, 0) is 43.5 Å². The number of hydrogen-bond donors (Lipinski definition) is 1. The fraction of sp³-hybridized carbons (Fsp3) is 0.588. The molecule has 23 heavy (non-hydrogen) atoms. The molecule has 0 unspecified atom stereocenters. The molecule has 1 aromatic rings.